The summed E-state index contributed by atoms with van der Waals surface area (Å²) < 4.78 is 20.5. The summed E-state index contributed by atoms with van der Waals surface area (Å²) in [6.07, 6.45) is 1.93. The van der Waals surface area contributed by atoms with Gasteiger partial charge in [0, 0.05) is 18.7 Å². The van der Waals surface area contributed by atoms with Crippen LogP contribution in [0.25, 0.3) is 16.9 Å². The van der Waals surface area contributed by atoms with Crippen LogP contribution in [-0.4, -0.2) is 34.7 Å². The van der Waals surface area contributed by atoms with Crippen molar-refractivity contribution in [2.24, 2.45) is 0 Å². The molecule has 7 heteroatoms. The molecule has 5 nitrogen and oxygen atoms in total. The molecule has 0 radical (unpaired) electrons. The Bertz CT molecular complexity index is 814. The predicted octanol–water partition coefficient (Wildman–Crippen LogP) is 3.16. The van der Waals surface area contributed by atoms with Crippen molar-refractivity contribution < 1.29 is 9.13 Å². The second-order valence-corrected chi connectivity index (χ2v) is 5.71. The molecule has 1 saturated heterocycles. The summed E-state index contributed by atoms with van der Waals surface area (Å²) in [5, 5.41) is 11.6. The quantitative estimate of drug-likeness (QED) is 0.779. The smallest absolute Gasteiger partial charge is 0.123 e. The van der Waals surface area contributed by atoms with E-state index in [9.17, 15) is 4.39 Å². The molecular formula is C18H18ClFN4O. The molecule has 25 heavy (non-hydrogen) atoms. The van der Waals surface area contributed by atoms with Crippen molar-refractivity contribution in [3.8, 4) is 16.9 Å². The molecule has 0 amide bonds. The molecule has 2 aromatic carbocycles. The van der Waals surface area contributed by atoms with Gasteiger partial charge < -0.3 is 10.1 Å². The van der Waals surface area contributed by atoms with Crippen LogP contribution in [0.3, 0.4) is 0 Å². The van der Waals surface area contributed by atoms with Crippen molar-refractivity contribution in [1.29, 1.82) is 0 Å². The number of nitrogens with one attached hydrogen (secondary N) is 1. The first-order chi connectivity index (χ1) is 11.8. The molecule has 0 bridgehead atoms. The van der Waals surface area contributed by atoms with Gasteiger partial charge in [0.05, 0.1) is 24.6 Å². The standard InChI is InChI=1S/C18H17FN4O.ClH/c19-15-5-1-13(2-6-15)17-12-23(22-21-17)16-7-3-14(4-8-16)18-11-20-9-10-24-18;/h1-8,12,18,20H,9-11H2;1H/t18-;/m1./s1. The van der Waals surface area contributed by atoms with E-state index in [0.717, 1.165) is 36.5 Å². The van der Waals surface area contributed by atoms with E-state index in [1.807, 2.05) is 30.5 Å². The van der Waals surface area contributed by atoms with E-state index in [4.69, 9.17) is 4.74 Å². The van der Waals surface area contributed by atoms with Crippen LogP contribution in [0.4, 0.5) is 4.39 Å². The van der Waals surface area contributed by atoms with E-state index < -0.39 is 0 Å². The molecule has 1 aromatic heterocycles. The summed E-state index contributed by atoms with van der Waals surface area (Å²) in [6.45, 7) is 2.47. The molecule has 2 heterocycles. The van der Waals surface area contributed by atoms with Crippen LogP contribution in [0.2, 0.25) is 0 Å². The molecule has 1 atom stereocenters. The zero-order valence-electron chi connectivity index (χ0n) is 13.4. The van der Waals surface area contributed by atoms with Crippen LogP contribution in [-0.2, 0) is 4.74 Å². The Hall–Kier alpha value is -2.28. The fourth-order valence-corrected chi connectivity index (χ4v) is 2.76. The lowest BCUT2D eigenvalue weighted by molar-refractivity contribution is 0.0277. The number of nitrogens with zero attached hydrogens (tertiary/aromatic N) is 3. The highest BCUT2D eigenvalue weighted by Crippen LogP contribution is 2.21. The monoisotopic (exact) mass is 360 g/mol. The Balaban J connectivity index is 0.00000182. The van der Waals surface area contributed by atoms with E-state index in [2.05, 4.69) is 15.6 Å². The number of rotatable bonds is 3. The number of hydrogen-bond donors (Lipinski definition) is 1. The minimum absolute atomic E-state index is 0. The summed E-state index contributed by atoms with van der Waals surface area (Å²) in [5.41, 5.74) is 3.60. The number of halogens is 2. The molecule has 0 spiro atoms. The van der Waals surface area contributed by atoms with Crippen molar-refractivity contribution in [1.82, 2.24) is 20.3 Å². The van der Waals surface area contributed by atoms with Crippen molar-refractivity contribution in [3.63, 3.8) is 0 Å². The molecule has 0 unspecified atom stereocenters. The van der Waals surface area contributed by atoms with Crippen LogP contribution in [0.15, 0.2) is 54.7 Å². The van der Waals surface area contributed by atoms with E-state index in [1.54, 1.807) is 16.8 Å². The fraction of sp³-hybridized carbons (Fsp3) is 0.222. The van der Waals surface area contributed by atoms with Gasteiger partial charge in [-0.3, -0.25) is 0 Å². The zero-order chi connectivity index (χ0) is 16.4. The first kappa shape index (κ1) is 17.5. The van der Waals surface area contributed by atoms with E-state index in [-0.39, 0.29) is 24.3 Å². The zero-order valence-corrected chi connectivity index (χ0v) is 14.2. The van der Waals surface area contributed by atoms with Crippen molar-refractivity contribution in [2.45, 2.75) is 6.10 Å². The third kappa shape index (κ3) is 3.87. The number of morpholine rings is 1. The highest BCUT2D eigenvalue weighted by molar-refractivity contribution is 5.85. The lowest BCUT2D eigenvalue weighted by Gasteiger charge is -2.24. The van der Waals surface area contributed by atoms with Crippen molar-refractivity contribution in [2.75, 3.05) is 19.7 Å². The molecule has 0 aliphatic carbocycles. The molecule has 3 aromatic rings. The Labute approximate surface area is 151 Å². The first-order valence-corrected chi connectivity index (χ1v) is 7.90. The SMILES string of the molecule is Cl.Fc1ccc(-c2cn(-c3ccc([C@H]4CNCCO4)cc3)nn2)cc1. The normalized spacial score (nSPS) is 17.1. The van der Waals surface area contributed by atoms with Gasteiger partial charge in [-0.05, 0) is 42.0 Å². The number of aromatic nitrogens is 3. The molecule has 1 aliphatic heterocycles. The van der Waals surface area contributed by atoms with Gasteiger partial charge in [-0.15, -0.1) is 17.5 Å². The Kier molecular flexibility index (Phi) is 5.43. The average Bonchev–Trinajstić information content (AvgIpc) is 3.13. The van der Waals surface area contributed by atoms with Gasteiger partial charge in [-0.1, -0.05) is 17.3 Å². The number of ether oxygens (including phenoxy) is 1. The molecule has 0 saturated carbocycles. The molecule has 1 aliphatic rings. The van der Waals surface area contributed by atoms with Crippen LogP contribution >= 0.6 is 12.4 Å². The highest BCUT2D eigenvalue weighted by atomic mass is 35.5. The van der Waals surface area contributed by atoms with E-state index in [0.29, 0.717) is 5.69 Å². The summed E-state index contributed by atoms with van der Waals surface area (Å²) >= 11 is 0. The molecule has 130 valence electrons. The van der Waals surface area contributed by atoms with Gasteiger partial charge in [-0.25, -0.2) is 9.07 Å². The Morgan fingerprint density at radius 3 is 2.52 bits per heavy atom. The van der Waals surface area contributed by atoms with Crippen LogP contribution in [0.1, 0.15) is 11.7 Å². The lowest BCUT2D eigenvalue weighted by atomic mass is 10.1. The van der Waals surface area contributed by atoms with E-state index >= 15 is 0 Å². The summed E-state index contributed by atoms with van der Waals surface area (Å²) in [5.74, 6) is -0.263. The summed E-state index contributed by atoms with van der Waals surface area (Å²) in [6, 6.07) is 14.3. The third-order valence-corrected chi connectivity index (χ3v) is 4.09. The molecular weight excluding hydrogens is 343 g/mol. The van der Waals surface area contributed by atoms with Crippen LogP contribution in [0, 0.1) is 5.82 Å². The molecule has 1 fully saturated rings. The second kappa shape index (κ2) is 7.74. The Morgan fingerprint density at radius 2 is 1.84 bits per heavy atom. The van der Waals surface area contributed by atoms with Gasteiger partial charge >= 0.3 is 0 Å². The Morgan fingerprint density at radius 1 is 1.08 bits per heavy atom. The van der Waals surface area contributed by atoms with Crippen molar-refractivity contribution in [3.05, 3.63) is 66.1 Å². The van der Waals surface area contributed by atoms with Crippen LogP contribution < -0.4 is 5.32 Å². The highest BCUT2D eigenvalue weighted by Gasteiger charge is 2.15. The number of benzene rings is 2. The van der Waals surface area contributed by atoms with Crippen LogP contribution in [0.5, 0.6) is 0 Å². The van der Waals surface area contributed by atoms with Gasteiger partial charge in [-0.2, -0.15) is 0 Å². The third-order valence-electron chi connectivity index (χ3n) is 4.09. The lowest BCUT2D eigenvalue weighted by Crippen LogP contribution is -2.33. The maximum absolute atomic E-state index is 13.0. The number of hydrogen-bond acceptors (Lipinski definition) is 4. The summed E-state index contributed by atoms with van der Waals surface area (Å²) in [7, 11) is 0. The first-order valence-electron chi connectivity index (χ1n) is 7.90. The minimum atomic E-state index is -0.263. The van der Waals surface area contributed by atoms with Gasteiger partial charge in [0.1, 0.15) is 11.5 Å². The van der Waals surface area contributed by atoms with Gasteiger partial charge in [0.2, 0.25) is 0 Å². The predicted molar refractivity (Wildman–Crippen MR) is 95.6 cm³/mol. The topological polar surface area (TPSA) is 52.0 Å². The van der Waals surface area contributed by atoms with Crippen molar-refractivity contribution >= 4 is 12.4 Å². The van der Waals surface area contributed by atoms with Gasteiger partial charge in [0.15, 0.2) is 0 Å². The fourth-order valence-electron chi connectivity index (χ4n) is 2.76. The second-order valence-electron chi connectivity index (χ2n) is 5.71. The summed E-state index contributed by atoms with van der Waals surface area (Å²) in [4.78, 5) is 0. The van der Waals surface area contributed by atoms with Gasteiger partial charge in [0.25, 0.3) is 0 Å². The maximum atomic E-state index is 13.0. The maximum Gasteiger partial charge on any atom is 0.123 e. The molecule has 4 rings (SSSR count). The minimum Gasteiger partial charge on any atom is -0.371 e. The average molecular weight is 361 g/mol. The van der Waals surface area contributed by atoms with E-state index in [1.165, 1.54) is 12.1 Å². The largest absolute Gasteiger partial charge is 0.371 e. The molecule has 1 N–H and O–H groups in total.